The molecular weight excluding hydrogens is 282 g/mol. The fourth-order valence-corrected chi connectivity index (χ4v) is 1.94. The van der Waals surface area contributed by atoms with Gasteiger partial charge in [0.25, 0.3) is 0 Å². The number of nitrogens with zero attached hydrogens (tertiary/aromatic N) is 1. The Morgan fingerprint density at radius 1 is 1.35 bits per heavy atom. The van der Waals surface area contributed by atoms with Crippen molar-refractivity contribution in [3.05, 3.63) is 35.9 Å². The molecule has 0 bridgehead atoms. The molecule has 4 heteroatoms. The average Bonchev–Trinajstić information content (AvgIpc) is 2.37. The van der Waals surface area contributed by atoms with Crippen molar-refractivity contribution in [1.29, 1.82) is 0 Å². The first-order chi connectivity index (χ1) is 8.26. The van der Waals surface area contributed by atoms with Crippen LogP contribution >= 0.6 is 15.9 Å². The lowest BCUT2D eigenvalue weighted by Gasteiger charge is -2.17. The molecule has 0 aliphatic heterocycles. The maximum absolute atomic E-state index is 11.6. The lowest BCUT2D eigenvalue weighted by atomic mass is 10.2. The van der Waals surface area contributed by atoms with Crippen LogP contribution in [-0.2, 0) is 16.1 Å². The number of benzene rings is 1. The van der Waals surface area contributed by atoms with Gasteiger partial charge in [0, 0.05) is 11.9 Å². The maximum atomic E-state index is 11.6. The Morgan fingerprint density at radius 3 is 2.65 bits per heavy atom. The molecule has 1 aromatic carbocycles. The molecule has 0 unspecified atom stereocenters. The van der Waals surface area contributed by atoms with E-state index in [1.54, 1.807) is 0 Å². The first-order valence-electron chi connectivity index (χ1n) is 5.74. The van der Waals surface area contributed by atoms with Gasteiger partial charge in [0.05, 0.1) is 6.54 Å². The quantitative estimate of drug-likeness (QED) is 0.572. The molecule has 1 rings (SSSR count). The number of alkyl halides is 1. The summed E-state index contributed by atoms with van der Waals surface area (Å²) in [7, 11) is 0. The van der Waals surface area contributed by atoms with E-state index in [1.807, 2.05) is 42.2 Å². The number of likely N-dealkylation sites (N-methyl/N-ethyl adjacent to an activating group) is 1. The lowest BCUT2D eigenvalue weighted by Crippen LogP contribution is -2.32. The van der Waals surface area contributed by atoms with Crippen molar-refractivity contribution in [2.24, 2.45) is 0 Å². The average molecular weight is 300 g/mol. The van der Waals surface area contributed by atoms with E-state index < -0.39 is 0 Å². The highest BCUT2D eigenvalue weighted by atomic mass is 79.9. The third-order valence-electron chi connectivity index (χ3n) is 2.44. The fourth-order valence-electron chi connectivity index (χ4n) is 1.43. The van der Waals surface area contributed by atoms with Crippen molar-refractivity contribution in [1.82, 2.24) is 4.90 Å². The van der Waals surface area contributed by atoms with Crippen LogP contribution in [0.1, 0.15) is 12.5 Å². The van der Waals surface area contributed by atoms with E-state index in [1.165, 1.54) is 0 Å². The van der Waals surface area contributed by atoms with Crippen molar-refractivity contribution >= 4 is 21.9 Å². The van der Waals surface area contributed by atoms with Gasteiger partial charge in [-0.1, -0.05) is 53.2 Å². The summed E-state index contributed by atoms with van der Waals surface area (Å²) in [5, 5.41) is 0.868. The summed E-state index contributed by atoms with van der Waals surface area (Å²) in [5.74, 6) is -0.170. The van der Waals surface area contributed by atoms with Crippen molar-refractivity contribution in [2.45, 2.75) is 13.5 Å². The first-order valence-corrected chi connectivity index (χ1v) is 6.86. The Kier molecular flexibility index (Phi) is 6.89. The number of carbonyl (C=O) groups is 1. The largest absolute Gasteiger partial charge is 0.460 e. The smallest absolute Gasteiger partial charge is 0.320 e. The van der Waals surface area contributed by atoms with Crippen molar-refractivity contribution in [3.63, 3.8) is 0 Å². The monoisotopic (exact) mass is 299 g/mol. The van der Waals surface area contributed by atoms with Crippen molar-refractivity contribution < 1.29 is 9.53 Å². The number of hydrogen-bond donors (Lipinski definition) is 0. The van der Waals surface area contributed by atoms with E-state index in [9.17, 15) is 4.79 Å². The summed E-state index contributed by atoms with van der Waals surface area (Å²) >= 11 is 3.36. The van der Waals surface area contributed by atoms with Crippen LogP contribution in [0.2, 0.25) is 0 Å². The summed E-state index contributed by atoms with van der Waals surface area (Å²) in [4.78, 5) is 13.6. The number of ether oxygens (including phenoxy) is 1. The molecule has 0 aliphatic rings. The Hall–Kier alpha value is -0.870. The van der Waals surface area contributed by atoms with E-state index in [2.05, 4.69) is 15.9 Å². The van der Waals surface area contributed by atoms with E-state index in [0.717, 1.165) is 24.0 Å². The normalized spacial score (nSPS) is 10.5. The van der Waals surface area contributed by atoms with Crippen LogP contribution in [0.4, 0.5) is 0 Å². The number of hydrogen-bond acceptors (Lipinski definition) is 3. The molecule has 0 amide bonds. The molecule has 0 N–H and O–H groups in total. The van der Waals surface area contributed by atoms with Crippen LogP contribution in [0.25, 0.3) is 0 Å². The lowest BCUT2D eigenvalue weighted by molar-refractivity contribution is -0.146. The number of halogens is 1. The van der Waals surface area contributed by atoms with E-state index in [0.29, 0.717) is 13.2 Å². The number of carbonyl (C=O) groups excluding carboxylic acids is 1. The van der Waals surface area contributed by atoms with Crippen LogP contribution in [0, 0.1) is 0 Å². The number of esters is 1. The third kappa shape index (κ3) is 5.84. The van der Waals surface area contributed by atoms with Crippen LogP contribution in [0.5, 0.6) is 0 Å². The minimum atomic E-state index is -0.170. The highest BCUT2D eigenvalue weighted by molar-refractivity contribution is 9.09. The van der Waals surface area contributed by atoms with Crippen LogP contribution in [0.15, 0.2) is 30.3 Å². The first kappa shape index (κ1) is 14.2. The second kappa shape index (κ2) is 8.25. The number of rotatable bonds is 7. The van der Waals surface area contributed by atoms with Crippen molar-refractivity contribution in [2.75, 3.05) is 25.0 Å². The molecule has 0 radical (unpaired) electrons. The Balaban J connectivity index is 2.30. The topological polar surface area (TPSA) is 29.5 Å². The predicted molar refractivity (Wildman–Crippen MR) is 72.1 cm³/mol. The molecule has 0 aromatic heterocycles. The minimum absolute atomic E-state index is 0.170. The van der Waals surface area contributed by atoms with Gasteiger partial charge in [-0.3, -0.25) is 9.69 Å². The highest BCUT2D eigenvalue weighted by Crippen LogP contribution is 2.01. The van der Waals surface area contributed by atoms with E-state index in [4.69, 9.17) is 4.74 Å². The molecule has 94 valence electrons. The van der Waals surface area contributed by atoms with Crippen molar-refractivity contribution in [3.8, 4) is 0 Å². The summed E-state index contributed by atoms with van der Waals surface area (Å²) in [6.45, 7) is 4.45. The van der Waals surface area contributed by atoms with E-state index >= 15 is 0 Å². The molecule has 0 saturated carbocycles. The molecule has 1 aromatic rings. The Labute approximate surface area is 111 Å². The van der Waals surface area contributed by atoms with Crippen LogP contribution in [0.3, 0.4) is 0 Å². The van der Waals surface area contributed by atoms with Gasteiger partial charge in [0.2, 0.25) is 0 Å². The van der Waals surface area contributed by atoms with Gasteiger partial charge in [-0.15, -0.1) is 0 Å². The maximum Gasteiger partial charge on any atom is 0.320 e. The van der Waals surface area contributed by atoms with Crippen LogP contribution < -0.4 is 0 Å². The van der Waals surface area contributed by atoms with Gasteiger partial charge in [-0.05, 0) is 12.1 Å². The van der Waals surface area contributed by atoms with Gasteiger partial charge in [-0.25, -0.2) is 0 Å². The van der Waals surface area contributed by atoms with Gasteiger partial charge < -0.3 is 4.74 Å². The van der Waals surface area contributed by atoms with E-state index in [-0.39, 0.29) is 5.97 Å². The molecule has 0 atom stereocenters. The standard InChI is InChI=1S/C13H18BrNO2/c1-2-15(9-8-14)10-13(16)17-11-12-6-4-3-5-7-12/h3-7H,2,8-11H2,1H3. The zero-order chi connectivity index (χ0) is 12.5. The zero-order valence-electron chi connectivity index (χ0n) is 10.1. The van der Waals surface area contributed by atoms with Crippen LogP contribution in [-0.4, -0.2) is 35.8 Å². The molecule has 17 heavy (non-hydrogen) atoms. The Bertz CT molecular complexity index is 329. The summed E-state index contributed by atoms with van der Waals surface area (Å²) in [6, 6.07) is 9.71. The zero-order valence-corrected chi connectivity index (χ0v) is 11.6. The van der Waals surface area contributed by atoms with Gasteiger partial charge in [-0.2, -0.15) is 0 Å². The minimum Gasteiger partial charge on any atom is -0.460 e. The fraction of sp³-hybridized carbons (Fsp3) is 0.462. The third-order valence-corrected chi connectivity index (χ3v) is 2.80. The Morgan fingerprint density at radius 2 is 2.06 bits per heavy atom. The summed E-state index contributed by atoms with van der Waals surface area (Å²) < 4.78 is 5.21. The molecule has 0 heterocycles. The second-order valence-electron chi connectivity index (χ2n) is 3.70. The molecule has 0 fully saturated rings. The predicted octanol–water partition coefficient (Wildman–Crippen LogP) is 2.45. The second-order valence-corrected chi connectivity index (χ2v) is 4.50. The molecule has 0 saturated heterocycles. The SMILES string of the molecule is CCN(CCBr)CC(=O)OCc1ccccc1. The molecule has 0 spiro atoms. The molecular formula is C13H18BrNO2. The van der Waals surface area contributed by atoms with Gasteiger partial charge in [0.1, 0.15) is 6.61 Å². The molecule has 3 nitrogen and oxygen atoms in total. The summed E-state index contributed by atoms with van der Waals surface area (Å²) in [6.07, 6.45) is 0. The molecule has 0 aliphatic carbocycles. The summed E-state index contributed by atoms with van der Waals surface area (Å²) in [5.41, 5.74) is 1.02. The van der Waals surface area contributed by atoms with Gasteiger partial charge >= 0.3 is 5.97 Å². The highest BCUT2D eigenvalue weighted by Gasteiger charge is 2.09. The van der Waals surface area contributed by atoms with Gasteiger partial charge in [0.15, 0.2) is 0 Å².